The Labute approximate surface area is 53.3 Å². The number of cyclic esters (lactones) is 2. The third-order valence-electron chi connectivity index (χ3n) is 1.09. The van der Waals surface area contributed by atoms with Crippen molar-refractivity contribution in [2.75, 3.05) is 6.61 Å². The van der Waals surface area contributed by atoms with Crippen LogP contribution in [0.4, 0.5) is 4.79 Å². The Bertz CT molecular complexity index is 165. The largest absolute Gasteiger partial charge is 0.514 e. The van der Waals surface area contributed by atoms with Crippen molar-refractivity contribution in [2.45, 2.75) is 13.8 Å². The zero-order valence-corrected chi connectivity index (χ0v) is 5.43. The molecule has 0 amide bonds. The number of hydrogen-bond donors (Lipinski definition) is 0. The molecule has 0 saturated carbocycles. The van der Waals surface area contributed by atoms with Crippen LogP contribution in [0.5, 0.6) is 0 Å². The van der Waals surface area contributed by atoms with E-state index in [0.29, 0.717) is 12.4 Å². The van der Waals surface area contributed by atoms with Crippen LogP contribution in [0.1, 0.15) is 13.8 Å². The van der Waals surface area contributed by atoms with E-state index in [-0.39, 0.29) is 0 Å². The molecule has 50 valence electrons. The van der Waals surface area contributed by atoms with Gasteiger partial charge in [-0.05, 0) is 19.4 Å². The summed E-state index contributed by atoms with van der Waals surface area (Å²) in [6, 6.07) is 0. The molecule has 0 atom stereocenters. The molecule has 0 N–H and O–H groups in total. The van der Waals surface area contributed by atoms with Crippen LogP contribution in [-0.2, 0) is 9.47 Å². The molecule has 0 radical (unpaired) electrons. The maximum Gasteiger partial charge on any atom is 0.514 e. The summed E-state index contributed by atoms with van der Waals surface area (Å²) in [6.45, 7) is 4.04. The molecule has 0 spiro atoms. The molecule has 9 heavy (non-hydrogen) atoms. The molecular weight excluding hydrogens is 120 g/mol. The molecule has 1 heterocycles. The Morgan fingerprint density at radius 1 is 1.56 bits per heavy atom. The Morgan fingerprint density at radius 2 is 2.22 bits per heavy atom. The van der Waals surface area contributed by atoms with Crippen LogP contribution < -0.4 is 0 Å². The zero-order valence-electron chi connectivity index (χ0n) is 5.43. The second-order valence-electron chi connectivity index (χ2n) is 2.06. The topological polar surface area (TPSA) is 35.5 Å². The third-order valence-corrected chi connectivity index (χ3v) is 1.09. The van der Waals surface area contributed by atoms with E-state index < -0.39 is 6.16 Å². The molecule has 0 unspecified atom stereocenters. The van der Waals surface area contributed by atoms with Crippen molar-refractivity contribution >= 4 is 6.16 Å². The maximum atomic E-state index is 10.3. The molecule has 1 aliphatic rings. The van der Waals surface area contributed by atoms with Gasteiger partial charge >= 0.3 is 6.16 Å². The molecule has 1 fully saturated rings. The van der Waals surface area contributed by atoms with Crippen molar-refractivity contribution in [3.8, 4) is 0 Å². The van der Waals surface area contributed by atoms with E-state index in [1.54, 1.807) is 0 Å². The average Bonchev–Trinajstić information content (AvgIpc) is 2.14. The molecule has 0 bridgehead atoms. The average molecular weight is 128 g/mol. The normalized spacial score (nSPS) is 17.1. The number of hydrogen-bond acceptors (Lipinski definition) is 3. The molecule has 0 aromatic carbocycles. The smallest absolute Gasteiger partial charge is 0.426 e. The highest BCUT2D eigenvalue weighted by Crippen LogP contribution is 2.13. The van der Waals surface area contributed by atoms with Gasteiger partial charge < -0.3 is 9.47 Å². The quantitative estimate of drug-likeness (QED) is 0.463. The summed E-state index contributed by atoms with van der Waals surface area (Å²) in [5.74, 6) is 0.639. The summed E-state index contributed by atoms with van der Waals surface area (Å²) in [5, 5.41) is 0. The second-order valence-corrected chi connectivity index (χ2v) is 2.06. The Kier molecular flexibility index (Phi) is 1.42. The van der Waals surface area contributed by atoms with E-state index in [1.807, 2.05) is 13.8 Å². The minimum atomic E-state index is -0.591. The number of carbonyl (C=O) groups is 1. The van der Waals surface area contributed by atoms with Crippen LogP contribution in [0.3, 0.4) is 0 Å². The van der Waals surface area contributed by atoms with Gasteiger partial charge in [-0.2, -0.15) is 0 Å². The number of allylic oxidation sites excluding steroid dienone is 1. The first-order chi connectivity index (χ1) is 4.20. The first-order valence-corrected chi connectivity index (χ1v) is 2.71. The predicted molar refractivity (Wildman–Crippen MR) is 30.8 cm³/mol. The Hall–Kier alpha value is -0.990. The lowest BCUT2D eigenvalue weighted by Crippen LogP contribution is -1.89. The summed E-state index contributed by atoms with van der Waals surface area (Å²) in [5.41, 5.74) is 0.987. The fraction of sp³-hybridized carbons (Fsp3) is 0.500. The summed E-state index contributed by atoms with van der Waals surface area (Å²) >= 11 is 0. The molecule has 0 aromatic heterocycles. The molecule has 1 saturated heterocycles. The van der Waals surface area contributed by atoms with Crippen LogP contribution >= 0.6 is 0 Å². The first kappa shape index (κ1) is 6.13. The van der Waals surface area contributed by atoms with E-state index in [1.165, 1.54) is 0 Å². The van der Waals surface area contributed by atoms with Crippen LogP contribution in [-0.4, -0.2) is 12.8 Å². The summed E-state index contributed by atoms with van der Waals surface area (Å²) in [4.78, 5) is 10.3. The Morgan fingerprint density at radius 3 is 2.44 bits per heavy atom. The summed E-state index contributed by atoms with van der Waals surface area (Å²) in [6.07, 6.45) is -0.591. The molecular formula is C6H8O3. The standard InChI is InChI=1S/C6H8O3/c1-4(2)5-3-8-6(7)9-5/h3H2,1-2H3. The van der Waals surface area contributed by atoms with Gasteiger partial charge in [-0.3, -0.25) is 0 Å². The highest BCUT2D eigenvalue weighted by atomic mass is 16.8. The highest BCUT2D eigenvalue weighted by Gasteiger charge is 2.18. The lowest BCUT2D eigenvalue weighted by Gasteiger charge is -1.91. The van der Waals surface area contributed by atoms with Gasteiger partial charge in [0.1, 0.15) is 5.76 Å². The predicted octanol–water partition coefficient (Wildman–Crippen LogP) is 1.45. The van der Waals surface area contributed by atoms with Crippen LogP contribution in [0.2, 0.25) is 0 Å². The molecule has 0 aliphatic carbocycles. The van der Waals surface area contributed by atoms with Gasteiger partial charge in [0.15, 0.2) is 6.61 Å². The van der Waals surface area contributed by atoms with E-state index in [9.17, 15) is 4.79 Å². The molecule has 1 rings (SSSR count). The van der Waals surface area contributed by atoms with Crippen molar-refractivity contribution in [3.63, 3.8) is 0 Å². The Balaban J connectivity index is 2.69. The summed E-state index contributed by atoms with van der Waals surface area (Å²) < 4.78 is 9.15. The molecule has 3 nitrogen and oxygen atoms in total. The molecule has 1 aliphatic heterocycles. The first-order valence-electron chi connectivity index (χ1n) is 2.71. The van der Waals surface area contributed by atoms with E-state index >= 15 is 0 Å². The van der Waals surface area contributed by atoms with Crippen molar-refractivity contribution in [1.82, 2.24) is 0 Å². The van der Waals surface area contributed by atoms with Gasteiger partial charge in [0.2, 0.25) is 0 Å². The lowest BCUT2D eigenvalue weighted by atomic mass is 10.3. The van der Waals surface area contributed by atoms with Gasteiger partial charge in [-0.1, -0.05) is 0 Å². The summed E-state index contributed by atoms with van der Waals surface area (Å²) in [7, 11) is 0. The lowest BCUT2D eigenvalue weighted by molar-refractivity contribution is 0.136. The van der Waals surface area contributed by atoms with Crippen molar-refractivity contribution in [1.29, 1.82) is 0 Å². The number of carbonyl (C=O) groups excluding carboxylic acids is 1. The fourth-order valence-electron chi connectivity index (χ4n) is 0.530. The third kappa shape index (κ3) is 1.22. The van der Waals surface area contributed by atoms with Crippen molar-refractivity contribution < 1.29 is 14.3 Å². The van der Waals surface area contributed by atoms with Gasteiger partial charge in [0.25, 0.3) is 0 Å². The minimum Gasteiger partial charge on any atom is -0.426 e. The number of ether oxygens (including phenoxy) is 2. The second kappa shape index (κ2) is 2.09. The van der Waals surface area contributed by atoms with Crippen LogP contribution in [0.15, 0.2) is 11.3 Å². The monoisotopic (exact) mass is 128 g/mol. The van der Waals surface area contributed by atoms with Crippen LogP contribution in [0.25, 0.3) is 0 Å². The maximum absolute atomic E-state index is 10.3. The van der Waals surface area contributed by atoms with E-state index in [4.69, 9.17) is 0 Å². The van der Waals surface area contributed by atoms with E-state index in [2.05, 4.69) is 9.47 Å². The van der Waals surface area contributed by atoms with Crippen molar-refractivity contribution in [3.05, 3.63) is 11.3 Å². The van der Waals surface area contributed by atoms with Crippen molar-refractivity contribution in [2.24, 2.45) is 0 Å². The number of rotatable bonds is 0. The van der Waals surface area contributed by atoms with Gasteiger partial charge in [-0.25, -0.2) is 4.79 Å². The van der Waals surface area contributed by atoms with Gasteiger partial charge in [0, 0.05) is 0 Å². The minimum absolute atomic E-state index is 0.293. The van der Waals surface area contributed by atoms with Gasteiger partial charge in [0.05, 0.1) is 0 Å². The molecule has 0 aromatic rings. The molecule has 3 heteroatoms. The van der Waals surface area contributed by atoms with Crippen LogP contribution in [0, 0.1) is 0 Å². The zero-order chi connectivity index (χ0) is 6.85. The van der Waals surface area contributed by atoms with Gasteiger partial charge in [-0.15, -0.1) is 0 Å². The fourth-order valence-corrected chi connectivity index (χ4v) is 0.530. The SMILES string of the molecule is CC(C)=C1COC(=O)O1. The highest BCUT2D eigenvalue weighted by molar-refractivity contribution is 5.64. The van der Waals surface area contributed by atoms with E-state index in [0.717, 1.165) is 5.57 Å².